The fourth-order valence-corrected chi connectivity index (χ4v) is 3.61. The molecule has 128 valence electrons. The second-order valence-corrected chi connectivity index (χ2v) is 6.88. The van der Waals surface area contributed by atoms with Crippen molar-refractivity contribution in [2.45, 2.75) is 13.0 Å². The van der Waals surface area contributed by atoms with Crippen LogP contribution in [0.2, 0.25) is 0 Å². The molecule has 0 aliphatic carbocycles. The zero-order chi connectivity index (χ0) is 17.8. The number of carbonyl (C=O) groups excluding carboxylic acids is 1. The van der Waals surface area contributed by atoms with E-state index >= 15 is 0 Å². The Morgan fingerprint density at radius 3 is 2.31 bits per heavy atom. The summed E-state index contributed by atoms with van der Waals surface area (Å²) in [6.45, 7) is 0.457. The van der Waals surface area contributed by atoms with Gasteiger partial charge in [0.05, 0.1) is 15.9 Å². The quantitative estimate of drug-likeness (QED) is 0.581. The Morgan fingerprint density at radius 2 is 1.58 bits per heavy atom. The van der Waals surface area contributed by atoms with Gasteiger partial charge in [0.25, 0.3) is 5.91 Å². The van der Waals surface area contributed by atoms with E-state index in [0.29, 0.717) is 13.0 Å². The molecule has 2 heterocycles. The summed E-state index contributed by atoms with van der Waals surface area (Å²) in [6.07, 6.45) is 0.680. The highest BCUT2D eigenvalue weighted by Gasteiger charge is 2.15. The van der Waals surface area contributed by atoms with Crippen LogP contribution in [-0.2, 0) is 13.0 Å². The molecule has 0 spiro atoms. The molecule has 2 aromatic heterocycles. The lowest BCUT2D eigenvalue weighted by atomic mass is 10.1. The van der Waals surface area contributed by atoms with Gasteiger partial charge in [0.2, 0.25) is 5.82 Å². The van der Waals surface area contributed by atoms with Crippen LogP contribution in [0.15, 0.2) is 72.1 Å². The van der Waals surface area contributed by atoms with Gasteiger partial charge in [-0.2, -0.15) is 0 Å². The molecule has 4 nitrogen and oxygen atoms in total. The molecule has 2 aromatic carbocycles. The van der Waals surface area contributed by atoms with Gasteiger partial charge >= 0.3 is 0 Å². The van der Waals surface area contributed by atoms with Gasteiger partial charge in [-0.1, -0.05) is 60.7 Å². The summed E-state index contributed by atoms with van der Waals surface area (Å²) in [5.41, 5.74) is 3.92. The van der Waals surface area contributed by atoms with Crippen molar-refractivity contribution in [2.75, 3.05) is 0 Å². The van der Waals surface area contributed by atoms with E-state index in [4.69, 9.17) is 0 Å². The van der Waals surface area contributed by atoms with Crippen LogP contribution in [0.3, 0.4) is 0 Å². The maximum atomic E-state index is 12.6. The van der Waals surface area contributed by atoms with E-state index < -0.39 is 0 Å². The van der Waals surface area contributed by atoms with Gasteiger partial charge in [-0.05, 0) is 22.6 Å². The van der Waals surface area contributed by atoms with Crippen molar-refractivity contribution in [3.8, 4) is 0 Å². The minimum Gasteiger partial charge on any atom is -0.345 e. The van der Waals surface area contributed by atoms with Gasteiger partial charge in [0.1, 0.15) is 0 Å². The average molecular weight is 359 g/mol. The third-order valence-corrected chi connectivity index (χ3v) is 5.04. The lowest BCUT2D eigenvalue weighted by molar-refractivity contribution is 0.0940. The minimum absolute atomic E-state index is 0.220. The molecule has 0 bridgehead atoms. The molecule has 0 aliphatic heterocycles. The molecule has 4 aromatic rings. The SMILES string of the molecule is O=C(NCc1ccccc1)c1nc(Cc2ccccc2)c2sccc2n1. The van der Waals surface area contributed by atoms with Crippen molar-refractivity contribution >= 4 is 27.5 Å². The predicted octanol–water partition coefficient (Wildman–Crippen LogP) is 4.21. The zero-order valence-electron chi connectivity index (χ0n) is 14.1. The van der Waals surface area contributed by atoms with Gasteiger partial charge in [-0.25, -0.2) is 9.97 Å². The maximum absolute atomic E-state index is 12.6. The third-order valence-electron chi connectivity index (χ3n) is 4.09. The zero-order valence-corrected chi connectivity index (χ0v) is 14.9. The summed E-state index contributed by atoms with van der Waals surface area (Å²) in [7, 11) is 0. The Morgan fingerprint density at radius 1 is 0.885 bits per heavy atom. The maximum Gasteiger partial charge on any atom is 0.289 e. The molecular weight excluding hydrogens is 342 g/mol. The van der Waals surface area contributed by atoms with Crippen LogP contribution in [0.4, 0.5) is 0 Å². The molecule has 0 fully saturated rings. The first kappa shape index (κ1) is 16.4. The lowest BCUT2D eigenvalue weighted by Crippen LogP contribution is -2.25. The van der Waals surface area contributed by atoms with E-state index in [1.807, 2.05) is 60.0 Å². The number of rotatable bonds is 5. The number of thiophene rings is 1. The number of benzene rings is 2. The van der Waals surface area contributed by atoms with Crippen molar-refractivity contribution in [3.63, 3.8) is 0 Å². The Kier molecular flexibility index (Phi) is 4.71. The Hall–Kier alpha value is -3.05. The predicted molar refractivity (Wildman–Crippen MR) is 104 cm³/mol. The van der Waals surface area contributed by atoms with E-state index in [1.54, 1.807) is 11.3 Å². The number of nitrogens with zero attached hydrogens (tertiary/aromatic N) is 2. The van der Waals surface area contributed by atoms with E-state index in [0.717, 1.165) is 27.0 Å². The largest absolute Gasteiger partial charge is 0.345 e. The fraction of sp³-hybridized carbons (Fsp3) is 0.0952. The lowest BCUT2D eigenvalue weighted by Gasteiger charge is -2.07. The van der Waals surface area contributed by atoms with Gasteiger partial charge in [0, 0.05) is 13.0 Å². The second-order valence-electron chi connectivity index (χ2n) is 5.96. The summed E-state index contributed by atoms with van der Waals surface area (Å²) in [5, 5.41) is 4.89. The summed E-state index contributed by atoms with van der Waals surface area (Å²) < 4.78 is 1.04. The molecule has 0 saturated carbocycles. The molecule has 0 radical (unpaired) electrons. The molecule has 0 unspecified atom stereocenters. The summed E-state index contributed by atoms with van der Waals surface area (Å²) in [4.78, 5) is 21.6. The Bertz CT molecular complexity index is 1030. The van der Waals surface area contributed by atoms with Crippen molar-refractivity contribution < 1.29 is 4.79 Å². The number of aromatic nitrogens is 2. The molecule has 0 saturated heterocycles. The Balaban J connectivity index is 1.60. The molecular formula is C21H17N3OS. The topological polar surface area (TPSA) is 54.9 Å². The molecule has 0 aliphatic rings. The summed E-state index contributed by atoms with van der Waals surface area (Å²) in [5.74, 6) is -0.0333. The summed E-state index contributed by atoms with van der Waals surface area (Å²) >= 11 is 1.61. The number of fused-ring (bicyclic) bond motifs is 1. The van der Waals surface area contributed by atoms with Crippen molar-refractivity contribution in [3.05, 3.63) is 94.8 Å². The van der Waals surface area contributed by atoms with E-state index in [9.17, 15) is 4.79 Å². The highest BCUT2D eigenvalue weighted by molar-refractivity contribution is 7.17. The number of carbonyl (C=O) groups is 1. The van der Waals surface area contributed by atoms with Gasteiger partial charge in [-0.15, -0.1) is 11.3 Å². The first-order valence-electron chi connectivity index (χ1n) is 8.40. The molecule has 5 heteroatoms. The number of hydrogen-bond donors (Lipinski definition) is 1. The van der Waals surface area contributed by atoms with Crippen LogP contribution in [-0.4, -0.2) is 15.9 Å². The van der Waals surface area contributed by atoms with Crippen molar-refractivity contribution in [1.29, 1.82) is 0 Å². The van der Waals surface area contributed by atoms with Gasteiger partial charge in [0.15, 0.2) is 0 Å². The minimum atomic E-state index is -0.253. The van der Waals surface area contributed by atoms with E-state index in [1.165, 1.54) is 0 Å². The van der Waals surface area contributed by atoms with Gasteiger partial charge < -0.3 is 5.32 Å². The van der Waals surface area contributed by atoms with Gasteiger partial charge in [-0.3, -0.25) is 4.79 Å². The average Bonchev–Trinajstić information content (AvgIpc) is 3.17. The monoisotopic (exact) mass is 359 g/mol. The first-order valence-corrected chi connectivity index (χ1v) is 9.28. The molecule has 1 amide bonds. The second kappa shape index (κ2) is 7.45. The van der Waals surface area contributed by atoms with E-state index in [-0.39, 0.29) is 11.7 Å². The van der Waals surface area contributed by atoms with Crippen molar-refractivity contribution in [1.82, 2.24) is 15.3 Å². The number of amides is 1. The smallest absolute Gasteiger partial charge is 0.289 e. The van der Waals surface area contributed by atoms with Crippen LogP contribution >= 0.6 is 11.3 Å². The first-order chi connectivity index (χ1) is 12.8. The fourth-order valence-electron chi connectivity index (χ4n) is 2.79. The number of nitrogens with one attached hydrogen (secondary N) is 1. The third kappa shape index (κ3) is 3.63. The van der Waals surface area contributed by atoms with Crippen LogP contribution in [0, 0.1) is 0 Å². The van der Waals surface area contributed by atoms with Crippen molar-refractivity contribution in [2.24, 2.45) is 0 Å². The molecule has 26 heavy (non-hydrogen) atoms. The van der Waals surface area contributed by atoms with Crippen LogP contribution in [0.5, 0.6) is 0 Å². The standard InChI is InChI=1S/C21H17N3OS/c25-21(22-14-16-9-5-2-6-10-16)20-23-17-11-12-26-19(17)18(24-20)13-15-7-3-1-4-8-15/h1-12H,13-14H2,(H,22,25). The summed E-state index contributed by atoms with van der Waals surface area (Å²) in [6, 6.07) is 21.9. The molecule has 1 N–H and O–H groups in total. The van der Waals surface area contributed by atoms with Crippen LogP contribution < -0.4 is 5.32 Å². The Labute approximate surface area is 155 Å². The molecule has 0 atom stereocenters. The highest BCUT2D eigenvalue weighted by Crippen LogP contribution is 2.24. The van der Waals surface area contributed by atoms with Crippen LogP contribution in [0.1, 0.15) is 27.4 Å². The van der Waals surface area contributed by atoms with E-state index in [2.05, 4.69) is 27.4 Å². The highest BCUT2D eigenvalue weighted by atomic mass is 32.1. The molecule has 4 rings (SSSR count). The van der Waals surface area contributed by atoms with Crippen LogP contribution in [0.25, 0.3) is 10.2 Å². The number of hydrogen-bond acceptors (Lipinski definition) is 4. The normalized spacial score (nSPS) is 10.8.